The predicted octanol–water partition coefficient (Wildman–Crippen LogP) is 2.05. The second-order valence-corrected chi connectivity index (χ2v) is 6.80. The molecule has 1 fully saturated rings. The van der Waals surface area contributed by atoms with Gasteiger partial charge in [0.2, 0.25) is 5.91 Å². The van der Waals surface area contributed by atoms with Gasteiger partial charge in [0.25, 0.3) is 5.56 Å². The van der Waals surface area contributed by atoms with Crippen molar-refractivity contribution in [3.8, 4) is 0 Å². The van der Waals surface area contributed by atoms with Crippen LogP contribution in [0.2, 0.25) is 0 Å². The molecule has 1 unspecified atom stereocenters. The number of likely N-dealkylation sites (tertiary alicyclic amines) is 1. The lowest BCUT2D eigenvalue weighted by Crippen LogP contribution is -2.40. The van der Waals surface area contributed by atoms with E-state index in [2.05, 4.69) is 22.1 Å². The average molecular weight is 360 g/mol. The van der Waals surface area contributed by atoms with E-state index in [1.54, 1.807) is 6.07 Å². The van der Waals surface area contributed by atoms with Gasteiger partial charge in [0.15, 0.2) is 4.77 Å². The Morgan fingerprint density at radius 1 is 1.40 bits per heavy atom. The molecule has 2 N–H and O–H groups in total. The van der Waals surface area contributed by atoms with Crippen LogP contribution in [0, 0.1) is 4.77 Å². The van der Waals surface area contributed by atoms with Crippen LogP contribution in [0.15, 0.2) is 29.1 Å². The van der Waals surface area contributed by atoms with Gasteiger partial charge in [-0.25, -0.2) is 0 Å². The molecule has 2 heterocycles. The van der Waals surface area contributed by atoms with Crippen molar-refractivity contribution in [2.45, 2.75) is 38.8 Å². The van der Waals surface area contributed by atoms with Gasteiger partial charge in [0.05, 0.1) is 10.9 Å². The number of fused-ring (bicyclic) bond motifs is 1. The first kappa shape index (κ1) is 17.8. The Morgan fingerprint density at radius 2 is 2.20 bits per heavy atom. The zero-order chi connectivity index (χ0) is 17.8. The summed E-state index contributed by atoms with van der Waals surface area (Å²) in [5.41, 5.74) is 0.569. The van der Waals surface area contributed by atoms with Crippen molar-refractivity contribution in [3.63, 3.8) is 0 Å². The Kier molecular flexibility index (Phi) is 5.65. The molecule has 134 valence electrons. The summed E-state index contributed by atoms with van der Waals surface area (Å²) >= 11 is 5.27. The number of benzene rings is 1. The Hall–Kier alpha value is -1.99. The number of likely N-dealkylation sites (N-methyl/N-ethyl adjacent to an activating group) is 1. The first-order chi connectivity index (χ1) is 12.1. The minimum atomic E-state index is -0.153. The number of nitrogens with zero attached hydrogens (tertiary/aromatic N) is 2. The molecule has 1 aliphatic rings. The van der Waals surface area contributed by atoms with Crippen molar-refractivity contribution < 1.29 is 4.79 Å². The molecule has 7 heteroatoms. The number of para-hydroxylation sites is 1. The van der Waals surface area contributed by atoms with Crippen LogP contribution in [0.1, 0.15) is 26.2 Å². The SMILES string of the molecule is CCN1CCCC1CNC(=O)CCn1c(=S)[nH]c2ccccc2c1=O. The van der Waals surface area contributed by atoms with Gasteiger partial charge in [-0.1, -0.05) is 19.1 Å². The summed E-state index contributed by atoms with van der Waals surface area (Å²) in [6.07, 6.45) is 2.56. The molecule has 1 atom stereocenters. The third kappa shape index (κ3) is 3.99. The molecule has 1 amide bonds. The summed E-state index contributed by atoms with van der Waals surface area (Å²) in [6.45, 7) is 5.23. The summed E-state index contributed by atoms with van der Waals surface area (Å²) in [6, 6.07) is 7.69. The zero-order valence-corrected chi connectivity index (χ0v) is 15.3. The molecule has 1 aromatic carbocycles. The number of amides is 1. The van der Waals surface area contributed by atoms with E-state index < -0.39 is 0 Å². The molecular formula is C18H24N4O2S. The Balaban J connectivity index is 1.62. The van der Waals surface area contributed by atoms with E-state index in [1.807, 2.05) is 18.2 Å². The molecular weight excluding hydrogens is 336 g/mol. The maximum absolute atomic E-state index is 12.5. The van der Waals surface area contributed by atoms with E-state index >= 15 is 0 Å². The van der Waals surface area contributed by atoms with Crippen LogP contribution in [-0.4, -0.2) is 46.0 Å². The molecule has 0 saturated carbocycles. The van der Waals surface area contributed by atoms with Crippen molar-refractivity contribution in [2.24, 2.45) is 0 Å². The van der Waals surface area contributed by atoms with E-state index in [1.165, 1.54) is 11.0 Å². The Bertz CT molecular complexity index is 873. The van der Waals surface area contributed by atoms with Gasteiger partial charge in [0.1, 0.15) is 0 Å². The third-order valence-electron chi connectivity index (χ3n) is 4.89. The van der Waals surface area contributed by atoms with E-state index in [0.29, 0.717) is 22.7 Å². The number of carbonyl (C=O) groups is 1. The van der Waals surface area contributed by atoms with Crippen molar-refractivity contribution in [3.05, 3.63) is 39.4 Å². The maximum Gasteiger partial charge on any atom is 0.262 e. The van der Waals surface area contributed by atoms with Crippen molar-refractivity contribution in [1.82, 2.24) is 19.8 Å². The second-order valence-electron chi connectivity index (χ2n) is 6.41. The number of hydrogen-bond acceptors (Lipinski definition) is 4. The lowest BCUT2D eigenvalue weighted by molar-refractivity contribution is -0.121. The number of aromatic amines is 1. The normalized spacial score (nSPS) is 17.9. The largest absolute Gasteiger partial charge is 0.354 e. The highest BCUT2D eigenvalue weighted by Gasteiger charge is 2.23. The van der Waals surface area contributed by atoms with Crippen LogP contribution in [0.4, 0.5) is 0 Å². The minimum absolute atomic E-state index is 0.0441. The van der Waals surface area contributed by atoms with Crippen molar-refractivity contribution in [2.75, 3.05) is 19.6 Å². The highest BCUT2D eigenvalue weighted by atomic mass is 32.1. The summed E-state index contributed by atoms with van der Waals surface area (Å²) in [7, 11) is 0. The molecule has 1 saturated heterocycles. The van der Waals surface area contributed by atoms with Crippen LogP contribution < -0.4 is 10.9 Å². The van der Waals surface area contributed by atoms with Gasteiger partial charge < -0.3 is 10.3 Å². The number of rotatable bonds is 6. The van der Waals surface area contributed by atoms with E-state index in [4.69, 9.17) is 12.2 Å². The van der Waals surface area contributed by atoms with Gasteiger partial charge in [-0.3, -0.25) is 19.1 Å². The molecule has 0 spiro atoms. The molecule has 3 rings (SSSR count). The molecule has 0 bridgehead atoms. The monoisotopic (exact) mass is 360 g/mol. The molecule has 0 aliphatic carbocycles. The average Bonchev–Trinajstić information content (AvgIpc) is 3.07. The smallest absolute Gasteiger partial charge is 0.262 e. The summed E-state index contributed by atoms with van der Waals surface area (Å²) in [5, 5.41) is 3.58. The Labute approximate surface area is 151 Å². The van der Waals surface area contributed by atoms with E-state index in [-0.39, 0.29) is 24.4 Å². The molecule has 6 nitrogen and oxygen atoms in total. The fraction of sp³-hybridized carbons (Fsp3) is 0.500. The van der Waals surface area contributed by atoms with Crippen molar-refractivity contribution >= 4 is 29.0 Å². The number of carbonyl (C=O) groups excluding carboxylic acids is 1. The fourth-order valence-electron chi connectivity index (χ4n) is 3.48. The number of H-pyrrole nitrogens is 1. The van der Waals surface area contributed by atoms with Crippen LogP contribution in [-0.2, 0) is 11.3 Å². The first-order valence-electron chi connectivity index (χ1n) is 8.82. The summed E-state index contributed by atoms with van der Waals surface area (Å²) < 4.78 is 1.81. The summed E-state index contributed by atoms with van der Waals surface area (Å²) in [5.74, 6) is -0.0441. The third-order valence-corrected chi connectivity index (χ3v) is 5.21. The van der Waals surface area contributed by atoms with Crippen LogP contribution >= 0.6 is 12.2 Å². The zero-order valence-electron chi connectivity index (χ0n) is 14.5. The fourth-order valence-corrected chi connectivity index (χ4v) is 3.76. The minimum Gasteiger partial charge on any atom is -0.354 e. The van der Waals surface area contributed by atoms with Gasteiger partial charge in [0, 0.05) is 25.6 Å². The first-order valence-corrected chi connectivity index (χ1v) is 9.23. The van der Waals surface area contributed by atoms with Gasteiger partial charge in [-0.2, -0.15) is 0 Å². The van der Waals surface area contributed by atoms with Crippen LogP contribution in [0.25, 0.3) is 10.9 Å². The topological polar surface area (TPSA) is 70.1 Å². The molecule has 1 aliphatic heterocycles. The predicted molar refractivity (Wildman–Crippen MR) is 101 cm³/mol. The molecule has 0 radical (unpaired) electrons. The van der Waals surface area contributed by atoms with Crippen molar-refractivity contribution in [1.29, 1.82) is 0 Å². The standard InChI is InChI=1S/C18H24N4O2S/c1-2-21-10-5-6-13(21)12-19-16(23)9-11-22-17(24)14-7-3-4-8-15(14)20-18(22)25/h3-4,7-8,13H,2,5-6,9-12H2,1H3,(H,19,23)(H,20,25). The molecule has 25 heavy (non-hydrogen) atoms. The number of hydrogen-bond donors (Lipinski definition) is 2. The maximum atomic E-state index is 12.5. The van der Waals surface area contributed by atoms with Crippen LogP contribution in [0.5, 0.6) is 0 Å². The highest BCUT2D eigenvalue weighted by molar-refractivity contribution is 7.71. The van der Waals surface area contributed by atoms with E-state index in [9.17, 15) is 9.59 Å². The van der Waals surface area contributed by atoms with E-state index in [0.717, 1.165) is 25.0 Å². The highest BCUT2D eigenvalue weighted by Crippen LogP contribution is 2.15. The number of aromatic nitrogens is 2. The van der Waals surface area contributed by atoms with Gasteiger partial charge in [-0.15, -0.1) is 0 Å². The van der Waals surface area contributed by atoms with Gasteiger partial charge in [-0.05, 0) is 50.3 Å². The second kappa shape index (κ2) is 7.93. The lowest BCUT2D eigenvalue weighted by Gasteiger charge is -2.22. The summed E-state index contributed by atoms with van der Waals surface area (Å²) in [4.78, 5) is 30.2. The molecule has 2 aromatic rings. The quantitative estimate of drug-likeness (QED) is 0.774. The Morgan fingerprint density at radius 3 is 3.00 bits per heavy atom. The number of nitrogens with one attached hydrogen (secondary N) is 2. The lowest BCUT2D eigenvalue weighted by atomic mass is 10.2. The van der Waals surface area contributed by atoms with Crippen LogP contribution in [0.3, 0.4) is 0 Å². The molecule has 1 aromatic heterocycles. The van der Waals surface area contributed by atoms with Gasteiger partial charge >= 0.3 is 0 Å².